The van der Waals surface area contributed by atoms with Crippen molar-refractivity contribution in [3.8, 4) is 0 Å². The van der Waals surface area contributed by atoms with Crippen LogP contribution >= 0.6 is 0 Å². The highest BCUT2D eigenvalue weighted by Crippen LogP contribution is 2.35. The van der Waals surface area contributed by atoms with E-state index >= 15 is 0 Å². The minimum Gasteiger partial charge on any atom is -0.308 e. The summed E-state index contributed by atoms with van der Waals surface area (Å²) < 4.78 is 1.98. The second kappa shape index (κ2) is 12.9. The zero-order valence-corrected chi connectivity index (χ0v) is 21.9. The number of aromatic nitrogens is 1. The highest BCUT2D eigenvalue weighted by molar-refractivity contribution is 5.79. The average Bonchev–Trinajstić information content (AvgIpc) is 2.83. The van der Waals surface area contributed by atoms with E-state index in [-0.39, 0.29) is 5.56 Å². The molecule has 34 heavy (non-hydrogen) atoms. The van der Waals surface area contributed by atoms with E-state index in [0.717, 1.165) is 23.9 Å². The second-order valence-corrected chi connectivity index (χ2v) is 10.5. The van der Waals surface area contributed by atoms with Crippen molar-refractivity contribution in [3.63, 3.8) is 0 Å². The van der Waals surface area contributed by atoms with Gasteiger partial charge in [-0.25, -0.2) is 0 Å². The number of fused-ring (bicyclic) bond motifs is 1. The van der Waals surface area contributed by atoms with Crippen molar-refractivity contribution in [3.05, 3.63) is 82.1 Å². The third-order valence-corrected chi connectivity index (χ3v) is 7.39. The lowest BCUT2D eigenvalue weighted by Crippen LogP contribution is -2.39. The lowest BCUT2D eigenvalue weighted by atomic mass is 9.76. The van der Waals surface area contributed by atoms with E-state index in [0.29, 0.717) is 5.41 Å². The summed E-state index contributed by atoms with van der Waals surface area (Å²) in [7, 11) is 0. The molecule has 3 nitrogen and oxygen atoms in total. The number of benzene rings is 2. The van der Waals surface area contributed by atoms with Gasteiger partial charge in [-0.1, -0.05) is 74.7 Å². The van der Waals surface area contributed by atoms with Gasteiger partial charge in [-0.05, 0) is 94.1 Å². The molecule has 0 radical (unpaired) electrons. The number of nitrogens with zero attached hydrogens (tertiary/aromatic N) is 2. The molecule has 0 bridgehead atoms. The van der Waals surface area contributed by atoms with Gasteiger partial charge < -0.3 is 9.47 Å². The molecule has 0 atom stereocenters. The van der Waals surface area contributed by atoms with Crippen LogP contribution in [0.15, 0.2) is 65.5 Å². The molecule has 2 heterocycles. The Morgan fingerprint density at radius 3 is 2.18 bits per heavy atom. The first-order valence-electron chi connectivity index (χ1n) is 13.2. The van der Waals surface area contributed by atoms with Crippen molar-refractivity contribution in [1.29, 1.82) is 0 Å². The van der Waals surface area contributed by atoms with Crippen LogP contribution in [0.2, 0.25) is 0 Å². The molecule has 1 aliphatic rings. The molecule has 1 aliphatic heterocycles. The van der Waals surface area contributed by atoms with Crippen LogP contribution < -0.4 is 5.56 Å². The maximum absolute atomic E-state index is 12.4. The first-order chi connectivity index (χ1) is 16.4. The van der Waals surface area contributed by atoms with Gasteiger partial charge in [0.25, 0.3) is 5.56 Å². The molecule has 0 N–H and O–H groups in total. The Kier molecular flexibility index (Phi) is 9.95. The molecule has 0 spiro atoms. The summed E-state index contributed by atoms with van der Waals surface area (Å²) in [6.45, 7) is 13.5. The average molecular weight is 461 g/mol. The van der Waals surface area contributed by atoms with Crippen LogP contribution in [0.3, 0.4) is 0 Å². The molecule has 3 aromatic rings. The summed E-state index contributed by atoms with van der Waals surface area (Å²) >= 11 is 0. The van der Waals surface area contributed by atoms with Crippen LogP contribution in [0.4, 0.5) is 0 Å². The van der Waals surface area contributed by atoms with Gasteiger partial charge in [0.2, 0.25) is 0 Å². The number of hydrogen-bond donors (Lipinski definition) is 0. The highest BCUT2D eigenvalue weighted by atomic mass is 16.1. The fourth-order valence-corrected chi connectivity index (χ4v) is 4.98. The quantitative estimate of drug-likeness (QED) is 0.328. The second-order valence-electron chi connectivity index (χ2n) is 10.5. The van der Waals surface area contributed by atoms with Gasteiger partial charge in [0.05, 0.1) is 5.52 Å². The summed E-state index contributed by atoms with van der Waals surface area (Å²) in [6.07, 6.45) is 8.89. The van der Waals surface area contributed by atoms with E-state index in [2.05, 4.69) is 62.9 Å². The Bertz CT molecular complexity index is 1060. The molecule has 3 heteroatoms. The van der Waals surface area contributed by atoms with Gasteiger partial charge in [-0.3, -0.25) is 4.79 Å². The summed E-state index contributed by atoms with van der Waals surface area (Å²) in [5.41, 5.74) is 4.18. The minimum atomic E-state index is 0.129. The minimum absolute atomic E-state index is 0.129. The summed E-state index contributed by atoms with van der Waals surface area (Å²) in [6, 6.07) is 20.3. The Morgan fingerprint density at radius 1 is 0.824 bits per heavy atom. The van der Waals surface area contributed by atoms with Crippen LogP contribution in [-0.2, 0) is 6.54 Å². The Hall–Kier alpha value is -2.39. The topological polar surface area (TPSA) is 25.2 Å². The maximum atomic E-state index is 12.4. The molecule has 0 amide bonds. The Balaban J connectivity index is 0.000000396. The fourth-order valence-electron chi connectivity index (χ4n) is 4.98. The fraction of sp³-hybridized carbons (Fsp3) is 0.516. The van der Waals surface area contributed by atoms with Gasteiger partial charge in [0.1, 0.15) is 0 Å². The van der Waals surface area contributed by atoms with Crippen molar-refractivity contribution in [1.82, 2.24) is 9.47 Å². The predicted molar refractivity (Wildman–Crippen MR) is 147 cm³/mol. The number of aryl methyl sites for hydroxylation is 3. The molecule has 0 unspecified atom stereocenters. The number of likely N-dealkylation sites (tertiary alicyclic amines) is 1. The SMILES string of the molecule is CCCCCN1CCC(C)(CCCn2c(=O)ccc3ccc(C)cc32)CC1.Cc1ccccc1. The Labute approximate surface area is 206 Å². The number of pyridine rings is 1. The summed E-state index contributed by atoms with van der Waals surface area (Å²) in [5, 5.41) is 1.16. The van der Waals surface area contributed by atoms with Gasteiger partial charge >= 0.3 is 0 Å². The van der Waals surface area contributed by atoms with E-state index in [1.165, 1.54) is 69.3 Å². The van der Waals surface area contributed by atoms with Crippen LogP contribution in [0.5, 0.6) is 0 Å². The lowest BCUT2D eigenvalue weighted by Gasteiger charge is -2.39. The molecule has 1 saturated heterocycles. The third kappa shape index (κ3) is 7.84. The van der Waals surface area contributed by atoms with Crippen molar-refractivity contribution < 1.29 is 0 Å². The zero-order valence-electron chi connectivity index (χ0n) is 21.9. The smallest absolute Gasteiger partial charge is 0.251 e. The molecule has 1 fully saturated rings. The third-order valence-electron chi connectivity index (χ3n) is 7.39. The van der Waals surface area contributed by atoms with Crippen LogP contribution in [-0.4, -0.2) is 29.1 Å². The molecule has 0 saturated carbocycles. The van der Waals surface area contributed by atoms with E-state index in [1.807, 2.05) is 28.8 Å². The van der Waals surface area contributed by atoms with Crippen LogP contribution in [0, 0.1) is 19.3 Å². The van der Waals surface area contributed by atoms with Crippen molar-refractivity contribution in [2.45, 2.75) is 79.2 Å². The van der Waals surface area contributed by atoms with E-state index in [9.17, 15) is 4.79 Å². The van der Waals surface area contributed by atoms with Gasteiger partial charge in [0, 0.05) is 12.6 Å². The Morgan fingerprint density at radius 2 is 1.53 bits per heavy atom. The number of hydrogen-bond acceptors (Lipinski definition) is 2. The molecule has 184 valence electrons. The molecule has 1 aromatic heterocycles. The first-order valence-corrected chi connectivity index (χ1v) is 13.2. The molecule has 2 aromatic carbocycles. The van der Waals surface area contributed by atoms with Crippen LogP contribution in [0.25, 0.3) is 10.9 Å². The van der Waals surface area contributed by atoms with E-state index in [1.54, 1.807) is 6.07 Å². The maximum Gasteiger partial charge on any atom is 0.251 e. The van der Waals surface area contributed by atoms with E-state index in [4.69, 9.17) is 0 Å². The number of rotatable bonds is 8. The molecule has 0 aliphatic carbocycles. The normalized spacial score (nSPS) is 15.6. The first kappa shape index (κ1) is 26.2. The predicted octanol–water partition coefficient (Wildman–Crippen LogP) is 7.38. The molecular formula is C31H44N2O. The van der Waals surface area contributed by atoms with Crippen molar-refractivity contribution in [2.75, 3.05) is 19.6 Å². The van der Waals surface area contributed by atoms with E-state index < -0.39 is 0 Å². The number of piperidine rings is 1. The van der Waals surface area contributed by atoms with Crippen LogP contribution in [0.1, 0.15) is 69.9 Å². The lowest BCUT2D eigenvalue weighted by molar-refractivity contribution is 0.106. The van der Waals surface area contributed by atoms with Crippen molar-refractivity contribution >= 4 is 10.9 Å². The standard InChI is InChI=1S/C24H36N2O.C7H8/c1-4-5-6-15-25-17-13-24(3,14-18-25)12-7-16-26-22-19-20(2)8-9-21(22)10-11-23(26)27;1-7-5-3-2-4-6-7/h8-11,19H,4-7,12-18H2,1-3H3;2-6H,1H3. The monoisotopic (exact) mass is 460 g/mol. The van der Waals surface area contributed by atoms with Gasteiger partial charge in [0.15, 0.2) is 0 Å². The zero-order chi connectivity index (χ0) is 24.4. The van der Waals surface area contributed by atoms with Gasteiger partial charge in [-0.15, -0.1) is 0 Å². The molecular weight excluding hydrogens is 416 g/mol. The number of unbranched alkanes of at least 4 members (excludes halogenated alkanes) is 2. The molecule has 4 rings (SSSR count). The highest BCUT2D eigenvalue weighted by Gasteiger charge is 2.29. The largest absolute Gasteiger partial charge is 0.308 e. The summed E-state index contributed by atoms with van der Waals surface area (Å²) in [5.74, 6) is 0. The van der Waals surface area contributed by atoms with Gasteiger partial charge in [-0.2, -0.15) is 0 Å². The summed E-state index contributed by atoms with van der Waals surface area (Å²) in [4.78, 5) is 15.1. The van der Waals surface area contributed by atoms with Crippen molar-refractivity contribution in [2.24, 2.45) is 5.41 Å².